The van der Waals surface area contributed by atoms with E-state index in [4.69, 9.17) is 16.3 Å². The number of methoxy groups -OCH3 is 1. The predicted octanol–water partition coefficient (Wildman–Crippen LogP) is 3.60. The van der Waals surface area contributed by atoms with E-state index < -0.39 is 11.8 Å². The Labute approximate surface area is 196 Å². The molecule has 2 unspecified atom stereocenters. The van der Waals surface area contributed by atoms with E-state index in [1.54, 1.807) is 24.9 Å². The van der Waals surface area contributed by atoms with Crippen molar-refractivity contribution in [2.45, 2.75) is 18.9 Å². The van der Waals surface area contributed by atoms with Gasteiger partial charge in [-0.25, -0.2) is 13.9 Å². The number of urea groups is 1. The molecule has 1 saturated heterocycles. The molecule has 1 aliphatic rings. The minimum atomic E-state index is -0.415. The van der Waals surface area contributed by atoms with Gasteiger partial charge in [0.25, 0.3) is 0 Å². The van der Waals surface area contributed by atoms with Crippen molar-refractivity contribution in [1.82, 2.24) is 25.0 Å². The number of hydrogen-bond acceptors (Lipinski definition) is 5. The standard InChI is InChI=1S/C23H26ClFN6O2/c1-15-21(24)22(31(29-15)18-6-4-3-5-7-18)28-23(32)27-20-14-30(8-9-33-2)13-19(20)16-10-17(25)12-26-11-16/h3-7,10-12,19-20H,8-9,13-14H2,1-2H3,(H2,27,28,32). The zero-order valence-electron chi connectivity index (χ0n) is 18.5. The zero-order chi connectivity index (χ0) is 23.4. The largest absolute Gasteiger partial charge is 0.383 e. The third kappa shape index (κ3) is 5.32. The van der Waals surface area contributed by atoms with E-state index in [1.165, 1.54) is 12.3 Å². The number of aromatic nitrogens is 3. The Bertz CT molecular complexity index is 1110. The number of rotatable bonds is 7. The van der Waals surface area contributed by atoms with Gasteiger partial charge in [-0.3, -0.25) is 15.2 Å². The second-order valence-corrected chi connectivity index (χ2v) is 8.37. The highest BCUT2D eigenvalue weighted by Crippen LogP contribution is 2.30. The van der Waals surface area contributed by atoms with E-state index in [-0.39, 0.29) is 12.0 Å². The molecule has 1 aliphatic heterocycles. The molecule has 0 aliphatic carbocycles. The molecule has 0 spiro atoms. The van der Waals surface area contributed by atoms with E-state index in [1.807, 2.05) is 30.3 Å². The van der Waals surface area contributed by atoms with Crippen LogP contribution in [0.5, 0.6) is 0 Å². The van der Waals surface area contributed by atoms with E-state index in [0.29, 0.717) is 42.8 Å². The first-order valence-electron chi connectivity index (χ1n) is 10.7. The number of ether oxygens (including phenoxy) is 1. The monoisotopic (exact) mass is 472 g/mol. The van der Waals surface area contributed by atoms with Crippen LogP contribution in [0.1, 0.15) is 17.2 Å². The Kier molecular flexibility index (Phi) is 7.22. The lowest BCUT2D eigenvalue weighted by atomic mass is 9.96. The molecule has 2 N–H and O–H groups in total. The summed E-state index contributed by atoms with van der Waals surface area (Å²) in [6.07, 6.45) is 2.82. The Morgan fingerprint density at radius 3 is 2.79 bits per heavy atom. The Morgan fingerprint density at radius 2 is 2.06 bits per heavy atom. The van der Waals surface area contributed by atoms with E-state index in [9.17, 15) is 9.18 Å². The number of pyridine rings is 1. The minimum absolute atomic E-state index is 0.118. The normalized spacial score (nSPS) is 18.4. The van der Waals surface area contributed by atoms with Gasteiger partial charge in [-0.1, -0.05) is 29.8 Å². The van der Waals surface area contributed by atoms with Crippen molar-refractivity contribution >= 4 is 23.4 Å². The predicted molar refractivity (Wildman–Crippen MR) is 125 cm³/mol. The van der Waals surface area contributed by atoms with Crippen LogP contribution in [0.25, 0.3) is 5.69 Å². The SMILES string of the molecule is COCCN1CC(NC(=O)Nc2c(Cl)c(C)nn2-c2ccccc2)C(c2cncc(F)c2)C1. The number of para-hydroxylation sites is 1. The van der Waals surface area contributed by atoms with Crippen molar-refractivity contribution < 1.29 is 13.9 Å². The molecule has 0 radical (unpaired) electrons. The van der Waals surface area contributed by atoms with Gasteiger partial charge in [0.05, 0.1) is 30.2 Å². The molecule has 2 amide bonds. The molecule has 0 saturated carbocycles. The Balaban J connectivity index is 1.53. The van der Waals surface area contributed by atoms with Gasteiger partial charge >= 0.3 is 6.03 Å². The fourth-order valence-electron chi connectivity index (χ4n) is 4.09. The van der Waals surface area contributed by atoms with Crippen LogP contribution in [-0.4, -0.2) is 65.1 Å². The summed E-state index contributed by atoms with van der Waals surface area (Å²) in [5.74, 6) is -0.136. The minimum Gasteiger partial charge on any atom is -0.383 e. The summed E-state index contributed by atoms with van der Waals surface area (Å²) in [7, 11) is 1.65. The van der Waals surface area contributed by atoms with Crippen molar-refractivity contribution in [3.05, 3.63) is 70.9 Å². The van der Waals surface area contributed by atoms with Gasteiger partial charge in [-0.2, -0.15) is 5.10 Å². The number of benzene rings is 1. The summed E-state index contributed by atoms with van der Waals surface area (Å²) >= 11 is 6.45. The zero-order valence-corrected chi connectivity index (χ0v) is 19.2. The highest BCUT2D eigenvalue weighted by atomic mass is 35.5. The molecule has 2 aromatic heterocycles. The molecular weight excluding hydrogens is 447 g/mol. The molecule has 33 heavy (non-hydrogen) atoms. The first-order chi connectivity index (χ1) is 16.0. The molecule has 10 heteroatoms. The number of aryl methyl sites for hydroxylation is 1. The molecule has 3 aromatic rings. The number of nitrogens with one attached hydrogen (secondary N) is 2. The fourth-order valence-corrected chi connectivity index (χ4v) is 4.25. The molecule has 3 heterocycles. The highest BCUT2D eigenvalue weighted by Gasteiger charge is 2.35. The van der Waals surface area contributed by atoms with E-state index in [0.717, 1.165) is 11.3 Å². The lowest BCUT2D eigenvalue weighted by Crippen LogP contribution is -2.42. The molecule has 4 rings (SSSR count). The van der Waals surface area contributed by atoms with Gasteiger partial charge in [0, 0.05) is 38.9 Å². The van der Waals surface area contributed by atoms with Gasteiger partial charge in [0.2, 0.25) is 0 Å². The van der Waals surface area contributed by atoms with Crippen molar-refractivity contribution in [2.75, 3.05) is 38.7 Å². The first-order valence-corrected chi connectivity index (χ1v) is 11.0. The average Bonchev–Trinajstić information content (AvgIpc) is 3.34. The molecule has 1 aromatic carbocycles. The summed E-state index contributed by atoms with van der Waals surface area (Å²) in [4.78, 5) is 19.2. The number of carbonyl (C=O) groups is 1. The van der Waals surface area contributed by atoms with Crippen LogP contribution >= 0.6 is 11.6 Å². The number of likely N-dealkylation sites (tertiary alicyclic amines) is 1. The van der Waals surface area contributed by atoms with Crippen LogP contribution in [-0.2, 0) is 4.74 Å². The second-order valence-electron chi connectivity index (χ2n) is 8.00. The maximum Gasteiger partial charge on any atom is 0.320 e. The lowest BCUT2D eigenvalue weighted by molar-refractivity contribution is 0.159. The van der Waals surface area contributed by atoms with Gasteiger partial charge in [0.15, 0.2) is 5.82 Å². The maximum absolute atomic E-state index is 13.8. The fraction of sp³-hybridized carbons (Fsp3) is 0.348. The molecule has 2 atom stereocenters. The average molecular weight is 473 g/mol. The van der Waals surface area contributed by atoms with Crippen LogP contribution in [0.3, 0.4) is 0 Å². The van der Waals surface area contributed by atoms with Gasteiger partial charge in [-0.15, -0.1) is 0 Å². The molecule has 1 fully saturated rings. The van der Waals surface area contributed by atoms with Crippen LogP contribution < -0.4 is 10.6 Å². The van der Waals surface area contributed by atoms with Crippen molar-refractivity contribution in [3.8, 4) is 5.69 Å². The van der Waals surface area contributed by atoms with E-state index in [2.05, 4.69) is 25.6 Å². The number of nitrogens with zero attached hydrogens (tertiary/aromatic N) is 4. The van der Waals surface area contributed by atoms with Crippen LogP contribution in [0, 0.1) is 12.7 Å². The summed E-state index contributed by atoms with van der Waals surface area (Å²) in [6, 6.07) is 10.2. The smallest absolute Gasteiger partial charge is 0.320 e. The molecular formula is C23H26ClFN6O2. The summed E-state index contributed by atoms with van der Waals surface area (Å²) in [5.41, 5.74) is 2.12. The number of anilines is 1. The van der Waals surface area contributed by atoms with Gasteiger partial charge < -0.3 is 10.1 Å². The first kappa shape index (κ1) is 23.2. The summed E-state index contributed by atoms with van der Waals surface area (Å²) < 4.78 is 20.6. The van der Waals surface area contributed by atoms with Crippen molar-refractivity contribution in [1.29, 1.82) is 0 Å². The Morgan fingerprint density at radius 1 is 1.27 bits per heavy atom. The summed E-state index contributed by atoms with van der Waals surface area (Å²) in [6.45, 7) is 4.31. The maximum atomic E-state index is 13.8. The number of amides is 2. The number of carbonyl (C=O) groups excluding carboxylic acids is 1. The van der Waals surface area contributed by atoms with Crippen LogP contribution in [0.2, 0.25) is 5.02 Å². The van der Waals surface area contributed by atoms with Crippen molar-refractivity contribution in [3.63, 3.8) is 0 Å². The van der Waals surface area contributed by atoms with Crippen LogP contribution in [0.4, 0.5) is 15.0 Å². The quantitative estimate of drug-likeness (QED) is 0.549. The Hall–Kier alpha value is -3.01. The van der Waals surface area contributed by atoms with Crippen LogP contribution in [0.15, 0.2) is 48.8 Å². The second kappa shape index (κ2) is 10.3. The van der Waals surface area contributed by atoms with Gasteiger partial charge in [0.1, 0.15) is 10.8 Å². The highest BCUT2D eigenvalue weighted by molar-refractivity contribution is 6.34. The van der Waals surface area contributed by atoms with Crippen molar-refractivity contribution in [2.24, 2.45) is 0 Å². The molecule has 0 bridgehead atoms. The lowest BCUT2D eigenvalue weighted by Gasteiger charge is -2.20. The van der Waals surface area contributed by atoms with E-state index >= 15 is 0 Å². The molecule has 8 nitrogen and oxygen atoms in total. The van der Waals surface area contributed by atoms with Gasteiger partial charge in [-0.05, 0) is 30.7 Å². The number of hydrogen-bond donors (Lipinski definition) is 2. The molecule has 174 valence electrons. The third-order valence-electron chi connectivity index (χ3n) is 5.70. The third-order valence-corrected chi connectivity index (χ3v) is 6.15. The summed E-state index contributed by atoms with van der Waals surface area (Å²) in [5, 5.41) is 10.7. The topological polar surface area (TPSA) is 84.3 Å². The number of halogens is 2.